The van der Waals surface area contributed by atoms with E-state index >= 15 is 0 Å². The van der Waals surface area contributed by atoms with Crippen molar-refractivity contribution in [1.82, 2.24) is 0 Å². The molecule has 0 atom stereocenters. The SMILES string of the molecule is ON=CCc1cccc(Oc2ccc(Br)cc2F)c1. The van der Waals surface area contributed by atoms with Crippen molar-refractivity contribution in [2.75, 3.05) is 0 Å². The second kappa shape index (κ2) is 6.33. The number of nitrogens with zero attached hydrogens (tertiary/aromatic N) is 1. The minimum atomic E-state index is -0.434. The smallest absolute Gasteiger partial charge is 0.166 e. The molecule has 2 aromatic rings. The molecule has 0 aliphatic carbocycles. The van der Waals surface area contributed by atoms with Crippen LogP contribution in [0.3, 0.4) is 0 Å². The first-order valence-corrected chi connectivity index (χ1v) is 6.36. The molecule has 0 radical (unpaired) electrons. The molecule has 0 bridgehead atoms. The highest BCUT2D eigenvalue weighted by atomic mass is 79.9. The molecule has 1 N–H and O–H groups in total. The maximum absolute atomic E-state index is 13.6. The van der Waals surface area contributed by atoms with E-state index in [1.807, 2.05) is 6.07 Å². The Balaban J connectivity index is 2.18. The predicted octanol–water partition coefficient (Wildman–Crippen LogP) is 4.38. The molecule has 0 saturated heterocycles. The summed E-state index contributed by atoms with van der Waals surface area (Å²) in [6.07, 6.45) is 1.86. The van der Waals surface area contributed by atoms with E-state index in [1.54, 1.807) is 30.3 Å². The lowest BCUT2D eigenvalue weighted by molar-refractivity contribution is 0.321. The van der Waals surface area contributed by atoms with Gasteiger partial charge in [0.05, 0.1) is 0 Å². The highest BCUT2D eigenvalue weighted by Gasteiger charge is 2.05. The number of hydrogen-bond donors (Lipinski definition) is 1. The van der Waals surface area contributed by atoms with Crippen LogP contribution in [0.2, 0.25) is 0 Å². The average molecular weight is 324 g/mol. The minimum Gasteiger partial charge on any atom is -0.454 e. The fourth-order valence-electron chi connectivity index (χ4n) is 1.57. The quantitative estimate of drug-likeness (QED) is 0.515. The fourth-order valence-corrected chi connectivity index (χ4v) is 1.90. The van der Waals surface area contributed by atoms with Gasteiger partial charge in [0.25, 0.3) is 0 Å². The highest BCUT2D eigenvalue weighted by Crippen LogP contribution is 2.27. The predicted molar refractivity (Wildman–Crippen MR) is 74.6 cm³/mol. The zero-order valence-electron chi connectivity index (χ0n) is 9.88. The van der Waals surface area contributed by atoms with Gasteiger partial charge in [-0.15, -0.1) is 5.16 Å². The summed E-state index contributed by atoms with van der Waals surface area (Å²) in [7, 11) is 0. The molecule has 2 rings (SSSR count). The molecule has 0 amide bonds. The van der Waals surface area contributed by atoms with Crippen LogP contribution in [-0.4, -0.2) is 11.4 Å². The lowest BCUT2D eigenvalue weighted by Crippen LogP contribution is -1.91. The van der Waals surface area contributed by atoms with Crippen molar-refractivity contribution in [2.45, 2.75) is 6.42 Å². The molecule has 0 fully saturated rings. The molecular weight excluding hydrogens is 313 g/mol. The highest BCUT2D eigenvalue weighted by molar-refractivity contribution is 9.10. The van der Waals surface area contributed by atoms with Crippen LogP contribution >= 0.6 is 15.9 Å². The van der Waals surface area contributed by atoms with Crippen LogP contribution in [-0.2, 0) is 6.42 Å². The van der Waals surface area contributed by atoms with E-state index in [-0.39, 0.29) is 5.75 Å². The Bertz CT molecular complexity index is 602. The summed E-state index contributed by atoms with van der Waals surface area (Å²) in [5.41, 5.74) is 0.910. The Kier molecular flexibility index (Phi) is 4.52. The molecule has 0 unspecified atom stereocenters. The first-order valence-electron chi connectivity index (χ1n) is 5.57. The Morgan fingerprint density at radius 1 is 1.26 bits per heavy atom. The molecule has 0 saturated carbocycles. The van der Waals surface area contributed by atoms with Crippen LogP contribution in [0.4, 0.5) is 4.39 Å². The van der Waals surface area contributed by atoms with Crippen LogP contribution in [0.1, 0.15) is 5.56 Å². The van der Waals surface area contributed by atoms with Crippen LogP contribution in [0.15, 0.2) is 52.1 Å². The van der Waals surface area contributed by atoms with Gasteiger partial charge in [0.15, 0.2) is 11.6 Å². The van der Waals surface area contributed by atoms with Crippen molar-refractivity contribution in [3.05, 3.63) is 58.3 Å². The number of hydrogen-bond acceptors (Lipinski definition) is 3. The van der Waals surface area contributed by atoms with Crippen molar-refractivity contribution < 1.29 is 14.3 Å². The summed E-state index contributed by atoms with van der Waals surface area (Å²) in [6, 6.07) is 11.8. The zero-order valence-corrected chi connectivity index (χ0v) is 11.5. The van der Waals surface area contributed by atoms with E-state index in [2.05, 4.69) is 21.1 Å². The van der Waals surface area contributed by atoms with Crippen LogP contribution < -0.4 is 4.74 Å². The van der Waals surface area contributed by atoms with E-state index in [0.717, 1.165) is 5.56 Å². The van der Waals surface area contributed by atoms with Crippen LogP contribution in [0.5, 0.6) is 11.5 Å². The third kappa shape index (κ3) is 3.79. The van der Waals surface area contributed by atoms with Gasteiger partial charge in [-0.05, 0) is 35.9 Å². The molecule has 3 nitrogen and oxygen atoms in total. The zero-order chi connectivity index (χ0) is 13.7. The maximum Gasteiger partial charge on any atom is 0.166 e. The Morgan fingerprint density at radius 2 is 2.11 bits per heavy atom. The number of oxime groups is 1. The van der Waals surface area contributed by atoms with Crippen molar-refractivity contribution in [3.63, 3.8) is 0 Å². The molecule has 0 aliphatic rings. The number of halogens is 2. The van der Waals surface area contributed by atoms with Crippen molar-refractivity contribution >= 4 is 22.1 Å². The van der Waals surface area contributed by atoms with Crippen molar-refractivity contribution in [3.8, 4) is 11.5 Å². The molecule has 2 aromatic carbocycles. The van der Waals surface area contributed by atoms with E-state index < -0.39 is 5.82 Å². The first-order chi connectivity index (χ1) is 9.19. The summed E-state index contributed by atoms with van der Waals surface area (Å²) >= 11 is 3.19. The van der Waals surface area contributed by atoms with E-state index in [4.69, 9.17) is 9.94 Å². The second-order valence-corrected chi connectivity index (χ2v) is 4.74. The van der Waals surface area contributed by atoms with Gasteiger partial charge >= 0.3 is 0 Å². The van der Waals surface area contributed by atoms with Gasteiger partial charge in [-0.3, -0.25) is 0 Å². The number of rotatable bonds is 4. The lowest BCUT2D eigenvalue weighted by atomic mass is 10.1. The van der Waals surface area contributed by atoms with Crippen LogP contribution in [0.25, 0.3) is 0 Å². The lowest BCUT2D eigenvalue weighted by Gasteiger charge is -2.08. The second-order valence-electron chi connectivity index (χ2n) is 3.83. The minimum absolute atomic E-state index is 0.163. The average Bonchev–Trinajstić information content (AvgIpc) is 2.40. The molecular formula is C14H11BrFNO2. The summed E-state index contributed by atoms with van der Waals surface area (Å²) in [5.74, 6) is 0.262. The number of ether oxygens (including phenoxy) is 1. The first kappa shape index (κ1) is 13.5. The van der Waals surface area contributed by atoms with Gasteiger partial charge in [0.1, 0.15) is 5.75 Å². The van der Waals surface area contributed by atoms with Crippen molar-refractivity contribution in [1.29, 1.82) is 0 Å². The molecule has 5 heteroatoms. The molecule has 0 heterocycles. The van der Waals surface area contributed by atoms with E-state index in [9.17, 15) is 4.39 Å². The topological polar surface area (TPSA) is 41.8 Å². The molecule has 0 aromatic heterocycles. The molecule has 98 valence electrons. The van der Waals surface area contributed by atoms with Gasteiger partial charge < -0.3 is 9.94 Å². The van der Waals surface area contributed by atoms with Gasteiger partial charge in [-0.1, -0.05) is 28.1 Å². The largest absolute Gasteiger partial charge is 0.454 e. The van der Waals surface area contributed by atoms with E-state index in [1.165, 1.54) is 12.3 Å². The summed E-state index contributed by atoms with van der Waals surface area (Å²) in [5, 5.41) is 11.3. The Morgan fingerprint density at radius 3 is 2.84 bits per heavy atom. The van der Waals surface area contributed by atoms with Crippen LogP contribution in [0, 0.1) is 5.82 Å². The third-order valence-electron chi connectivity index (χ3n) is 2.43. The summed E-state index contributed by atoms with van der Waals surface area (Å²) in [4.78, 5) is 0. The molecule has 19 heavy (non-hydrogen) atoms. The normalized spacial score (nSPS) is 10.8. The molecule has 0 spiro atoms. The monoisotopic (exact) mass is 323 g/mol. The number of benzene rings is 2. The molecule has 0 aliphatic heterocycles. The van der Waals surface area contributed by atoms with Gasteiger partial charge in [-0.2, -0.15) is 0 Å². The Hall–Kier alpha value is -1.88. The summed E-state index contributed by atoms with van der Waals surface area (Å²) < 4.78 is 19.8. The maximum atomic E-state index is 13.6. The fraction of sp³-hybridized carbons (Fsp3) is 0.0714. The van der Waals surface area contributed by atoms with Crippen molar-refractivity contribution in [2.24, 2.45) is 5.16 Å². The standard InChI is InChI=1S/C14H11BrFNO2/c15-11-4-5-14(13(16)9-11)19-12-3-1-2-10(8-12)6-7-17-18/h1-5,7-9,18H,6H2. The Labute approximate surface area is 118 Å². The summed E-state index contributed by atoms with van der Waals surface area (Å²) in [6.45, 7) is 0. The van der Waals surface area contributed by atoms with Gasteiger partial charge in [0, 0.05) is 17.1 Å². The van der Waals surface area contributed by atoms with E-state index in [0.29, 0.717) is 16.6 Å². The van der Waals surface area contributed by atoms with Gasteiger partial charge in [-0.25, -0.2) is 4.39 Å². The van der Waals surface area contributed by atoms with Gasteiger partial charge in [0.2, 0.25) is 0 Å². The third-order valence-corrected chi connectivity index (χ3v) is 2.92.